The summed E-state index contributed by atoms with van der Waals surface area (Å²) < 4.78 is 2.20. The Morgan fingerprint density at radius 2 is 1.93 bits per heavy atom. The molecule has 0 unspecified atom stereocenters. The van der Waals surface area contributed by atoms with Gasteiger partial charge in [-0.15, -0.1) is 0 Å². The highest BCUT2D eigenvalue weighted by Crippen LogP contribution is 2.07. The van der Waals surface area contributed by atoms with Gasteiger partial charge in [0.1, 0.15) is 0 Å². The van der Waals surface area contributed by atoms with Crippen LogP contribution in [-0.2, 0) is 6.54 Å². The Morgan fingerprint density at radius 3 is 2.50 bits per heavy atom. The Kier molecular flexibility index (Phi) is 4.66. The zero-order valence-electron chi connectivity index (χ0n) is 9.16. The smallest absolute Gasteiger partial charge is 0.0951 e. The minimum Gasteiger partial charge on any atom is -0.396 e. The fourth-order valence-electron chi connectivity index (χ4n) is 1.52. The molecule has 80 valence electrons. The van der Waals surface area contributed by atoms with Crippen molar-refractivity contribution in [2.24, 2.45) is 0 Å². The molecule has 0 saturated heterocycles. The Balaban J connectivity index is 2.21. The molecule has 1 aromatic rings. The summed E-state index contributed by atoms with van der Waals surface area (Å²) >= 11 is 0. The van der Waals surface area contributed by atoms with Crippen molar-refractivity contribution in [3.8, 4) is 0 Å². The standard InChI is InChI=1S/C11H20N2O/c1-10-11(2)13(9-12-10)7-5-3-4-6-8-14/h9,14H,3-8H2,1-2H3. The van der Waals surface area contributed by atoms with Crippen LogP contribution in [0.4, 0.5) is 0 Å². The van der Waals surface area contributed by atoms with Crippen LogP contribution in [0, 0.1) is 13.8 Å². The first kappa shape index (κ1) is 11.2. The quantitative estimate of drug-likeness (QED) is 0.707. The lowest BCUT2D eigenvalue weighted by Gasteiger charge is -2.04. The number of hydrogen-bond donors (Lipinski definition) is 1. The number of nitrogens with zero attached hydrogens (tertiary/aromatic N) is 2. The average molecular weight is 196 g/mol. The van der Waals surface area contributed by atoms with Crippen molar-refractivity contribution in [1.29, 1.82) is 0 Å². The van der Waals surface area contributed by atoms with Crippen molar-refractivity contribution in [2.45, 2.75) is 46.1 Å². The molecule has 0 radical (unpaired) electrons. The molecule has 1 N–H and O–H groups in total. The van der Waals surface area contributed by atoms with Gasteiger partial charge in [-0.1, -0.05) is 12.8 Å². The van der Waals surface area contributed by atoms with Gasteiger partial charge in [0.2, 0.25) is 0 Å². The van der Waals surface area contributed by atoms with Gasteiger partial charge < -0.3 is 9.67 Å². The van der Waals surface area contributed by atoms with Gasteiger partial charge in [-0.3, -0.25) is 0 Å². The zero-order chi connectivity index (χ0) is 10.4. The SMILES string of the molecule is Cc1ncn(CCCCCCO)c1C. The van der Waals surface area contributed by atoms with E-state index in [1.54, 1.807) is 0 Å². The van der Waals surface area contributed by atoms with Crippen LogP contribution in [0.2, 0.25) is 0 Å². The van der Waals surface area contributed by atoms with Crippen LogP contribution in [0.25, 0.3) is 0 Å². The maximum absolute atomic E-state index is 8.61. The Bertz CT molecular complexity index is 268. The maximum atomic E-state index is 8.61. The Labute approximate surface area is 85.8 Å². The van der Waals surface area contributed by atoms with Crippen LogP contribution in [0.1, 0.15) is 37.1 Å². The van der Waals surface area contributed by atoms with E-state index in [-0.39, 0.29) is 0 Å². The molecule has 0 spiro atoms. The van der Waals surface area contributed by atoms with Crippen molar-refractivity contribution in [3.63, 3.8) is 0 Å². The summed E-state index contributed by atoms with van der Waals surface area (Å²) in [5, 5.41) is 8.61. The minimum absolute atomic E-state index is 0.323. The highest BCUT2D eigenvalue weighted by molar-refractivity contribution is 5.08. The number of hydrogen-bond acceptors (Lipinski definition) is 2. The first-order chi connectivity index (χ1) is 6.75. The average Bonchev–Trinajstić information content (AvgIpc) is 2.49. The Morgan fingerprint density at radius 1 is 1.21 bits per heavy atom. The third kappa shape index (κ3) is 3.14. The molecule has 0 aliphatic rings. The number of unbranched alkanes of at least 4 members (excludes halogenated alkanes) is 3. The molecule has 0 aromatic carbocycles. The van der Waals surface area contributed by atoms with E-state index in [9.17, 15) is 0 Å². The molecule has 1 heterocycles. The molecule has 3 nitrogen and oxygen atoms in total. The monoisotopic (exact) mass is 196 g/mol. The van der Waals surface area contributed by atoms with Crippen LogP contribution < -0.4 is 0 Å². The number of aliphatic hydroxyl groups excluding tert-OH is 1. The van der Waals surface area contributed by atoms with Gasteiger partial charge in [0.05, 0.1) is 12.0 Å². The molecule has 0 saturated carbocycles. The number of aromatic nitrogens is 2. The third-order valence-corrected chi connectivity index (χ3v) is 2.65. The summed E-state index contributed by atoms with van der Waals surface area (Å²) in [7, 11) is 0. The largest absolute Gasteiger partial charge is 0.396 e. The second-order valence-electron chi connectivity index (χ2n) is 3.75. The molecule has 3 heteroatoms. The predicted molar refractivity (Wildman–Crippen MR) is 57.3 cm³/mol. The molecule has 0 amide bonds. The van der Waals surface area contributed by atoms with Crippen LogP contribution in [0.3, 0.4) is 0 Å². The van der Waals surface area contributed by atoms with Gasteiger partial charge in [0.25, 0.3) is 0 Å². The molecule has 0 aliphatic carbocycles. The predicted octanol–water partition coefficient (Wildman–Crippen LogP) is 2.05. The summed E-state index contributed by atoms with van der Waals surface area (Å²) in [4.78, 5) is 4.25. The van der Waals surface area contributed by atoms with E-state index in [0.717, 1.165) is 25.1 Å². The van der Waals surface area contributed by atoms with Gasteiger partial charge in [0, 0.05) is 18.8 Å². The van der Waals surface area contributed by atoms with E-state index in [1.807, 2.05) is 13.3 Å². The second-order valence-corrected chi connectivity index (χ2v) is 3.75. The highest BCUT2D eigenvalue weighted by Gasteiger charge is 2.00. The normalized spacial score (nSPS) is 10.8. The van der Waals surface area contributed by atoms with E-state index in [0.29, 0.717) is 6.61 Å². The van der Waals surface area contributed by atoms with Gasteiger partial charge in [-0.05, 0) is 26.7 Å². The molecule has 0 bridgehead atoms. The lowest BCUT2D eigenvalue weighted by Crippen LogP contribution is -1.99. The van der Waals surface area contributed by atoms with Crippen molar-refractivity contribution < 1.29 is 5.11 Å². The first-order valence-corrected chi connectivity index (χ1v) is 5.35. The fourth-order valence-corrected chi connectivity index (χ4v) is 1.52. The molecule has 14 heavy (non-hydrogen) atoms. The number of aliphatic hydroxyl groups is 1. The molecule has 1 rings (SSSR count). The van der Waals surface area contributed by atoms with Gasteiger partial charge in [-0.25, -0.2) is 4.98 Å². The van der Waals surface area contributed by atoms with E-state index >= 15 is 0 Å². The first-order valence-electron chi connectivity index (χ1n) is 5.35. The van der Waals surface area contributed by atoms with Crippen molar-refractivity contribution in [3.05, 3.63) is 17.7 Å². The summed E-state index contributed by atoms with van der Waals surface area (Å²) in [6.45, 7) is 5.52. The number of aryl methyl sites for hydroxylation is 2. The Hall–Kier alpha value is -0.830. The summed E-state index contributed by atoms with van der Waals surface area (Å²) in [5.41, 5.74) is 2.40. The van der Waals surface area contributed by atoms with Crippen LogP contribution >= 0.6 is 0 Å². The van der Waals surface area contributed by atoms with E-state index in [4.69, 9.17) is 5.11 Å². The number of imidazole rings is 1. The second kappa shape index (κ2) is 5.81. The highest BCUT2D eigenvalue weighted by atomic mass is 16.2. The number of rotatable bonds is 6. The zero-order valence-corrected chi connectivity index (χ0v) is 9.16. The fraction of sp³-hybridized carbons (Fsp3) is 0.727. The summed E-state index contributed by atoms with van der Waals surface area (Å²) in [6.07, 6.45) is 6.34. The third-order valence-electron chi connectivity index (χ3n) is 2.65. The van der Waals surface area contributed by atoms with E-state index in [1.165, 1.54) is 18.5 Å². The van der Waals surface area contributed by atoms with Crippen molar-refractivity contribution >= 4 is 0 Å². The van der Waals surface area contributed by atoms with E-state index in [2.05, 4.69) is 16.5 Å². The van der Waals surface area contributed by atoms with Crippen LogP contribution in [0.5, 0.6) is 0 Å². The molecule has 1 aromatic heterocycles. The minimum atomic E-state index is 0.323. The molecule has 0 atom stereocenters. The van der Waals surface area contributed by atoms with E-state index < -0.39 is 0 Å². The van der Waals surface area contributed by atoms with Crippen molar-refractivity contribution in [1.82, 2.24) is 9.55 Å². The summed E-state index contributed by atoms with van der Waals surface area (Å²) in [5.74, 6) is 0. The topological polar surface area (TPSA) is 38.0 Å². The molecular formula is C11H20N2O. The van der Waals surface area contributed by atoms with Gasteiger partial charge in [-0.2, -0.15) is 0 Å². The van der Waals surface area contributed by atoms with Crippen molar-refractivity contribution in [2.75, 3.05) is 6.61 Å². The van der Waals surface area contributed by atoms with Gasteiger partial charge in [0.15, 0.2) is 0 Å². The van der Waals surface area contributed by atoms with Crippen LogP contribution in [0.15, 0.2) is 6.33 Å². The molecular weight excluding hydrogens is 176 g/mol. The maximum Gasteiger partial charge on any atom is 0.0951 e. The lowest BCUT2D eigenvalue weighted by atomic mass is 10.2. The summed E-state index contributed by atoms with van der Waals surface area (Å²) in [6, 6.07) is 0. The lowest BCUT2D eigenvalue weighted by molar-refractivity contribution is 0.282. The van der Waals surface area contributed by atoms with Gasteiger partial charge >= 0.3 is 0 Å². The molecule has 0 aliphatic heterocycles. The molecule has 0 fully saturated rings. The van der Waals surface area contributed by atoms with Crippen LogP contribution in [-0.4, -0.2) is 21.3 Å².